The summed E-state index contributed by atoms with van der Waals surface area (Å²) in [5, 5.41) is 0. The van der Waals surface area contributed by atoms with Crippen LogP contribution >= 0.6 is 0 Å². The minimum Gasteiger partial charge on any atom is -0.491 e. The molecule has 0 radical (unpaired) electrons. The van der Waals surface area contributed by atoms with Crippen molar-refractivity contribution in [3.05, 3.63) is 29.6 Å². The van der Waals surface area contributed by atoms with Crippen LogP contribution in [-0.4, -0.2) is 26.0 Å². The number of halogens is 4. The van der Waals surface area contributed by atoms with Crippen molar-refractivity contribution in [1.29, 1.82) is 0 Å². The number of alkyl halides is 3. The summed E-state index contributed by atoms with van der Waals surface area (Å²) in [6.07, 6.45) is -4.45. The van der Waals surface area contributed by atoms with Crippen LogP contribution in [0.3, 0.4) is 0 Å². The third-order valence-corrected chi connectivity index (χ3v) is 3.02. The van der Waals surface area contributed by atoms with Gasteiger partial charge in [-0.15, -0.1) is 0 Å². The molecule has 6 heteroatoms. The monoisotopic (exact) mass is 264 g/mol. The van der Waals surface area contributed by atoms with Gasteiger partial charge in [0.25, 0.3) is 0 Å². The van der Waals surface area contributed by atoms with Gasteiger partial charge in [0.15, 0.2) is 11.6 Å². The van der Waals surface area contributed by atoms with Crippen LogP contribution < -0.4 is 4.74 Å². The SMILES string of the molecule is CCOc1ccc(C2(C(F)(F)F)COC2)cc1F. The van der Waals surface area contributed by atoms with Crippen molar-refractivity contribution < 1.29 is 27.0 Å². The van der Waals surface area contributed by atoms with Crippen LogP contribution in [0.25, 0.3) is 0 Å². The molecule has 18 heavy (non-hydrogen) atoms. The molecular formula is C12H12F4O2. The Morgan fingerprint density at radius 2 is 2.00 bits per heavy atom. The molecule has 1 aromatic carbocycles. The number of benzene rings is 1. The summed E-state index contributed by atoms with van der Waals surface area (Å²) in [5.41, 5.74) is -2.21. The van der Waals surface area contributed by atoms with E-state index in [4.69, 9.17) is 4.74 Å². The zero-order valence-electron chi connectivity index (χ0n) is 9.68. The van der Waals surface area contributed by atoms with Crippen LogP contribution in [0.2, 0.25) is 0 Å². The first-order valence-electron chi connectivity index (χ1n) is 5.48. The maximum Gasteiger partial charge on any atom is 0.402 e. The summed E-state index contributed by atoms with van der Waals surface area (Å²) in [7, 11) is 0. The number of hydrogen-bond acceptors (Lipinski definition) is 2. The number of ether oxygens (including phenoxy) is 2. The van der Waals surface area contributed by atoms with Crippen LogP contribution in [0.1, 0.15) is 12.5 Å². The second-order valence-electron chi connectivity index (χ2n) is 4.15. The minimum atomic E-state index is -4.45. The first-order chi connectivity index (χ1) is 8.40. The molecule has 100 valence electrons. The maximum absolute atomic E-state index is 13.6. The molecule has 1 aromatic rings. The van der Waals surface area contributed by atoms with E-state index in [1.807, 2.05) is 0 Å². The molecule has 1 fully saturated rings. The zero-order chi connectivity index (χ0) is 13.4. The normalized spacial score (nSPS) is 18.3. The molecule has 1 saturated heterocycles. The van der Waals surface area contributed by atoms with Crippen molar-refractivity contribution in [1.82, 2.24) is 0 Å². The Kier molecular flexibility index (Phi) is 3.23. The topological polar surface area (TPSA) is 18.5 Å². The first-order valence-corrected chi connectivity index (χ1v) is 5.48. The predicted molar refractivity (Wildman–Crippen MR) is 56.1 cm³/mol. The molecule has 0 spiro atoms. The smallest absolute Gasteiger partial charge is 0.402 e. The third kappa shape index (κ3) is 1.94. The van der Waals surface area contributed by atoms with Crippen LogP contribution in [0.4, 0.5) is 17.6 Å². The van der Waals surface area contributed by atoms with Crippen LogP contribution in [-0.2, 0) is 10.2 Å². The van der Waals surface area contributed by atoms with Crippen molar-refractivity contribution in [2.45, 2.75) is 18.5 Å². The van der Waals surface area contributed by atoms with Gasteiger partial charge in [-0.2, -0.15) is 13.2 Å². The minimum absolute atomic E-state index is 0.0428. The fourth-order valence-corrected chi connectivity index (χ4v) is 1.87. The Bertz CT molecular complexity index is 438. The van der Waals surface area contributed by atoms with E-state index in [9.17, 15) is 17.6 Å². The van der Waals surface area contributed by atoms with Gasteiger partial charge >= 0.3 is 6.18 Å². The summed E-state index contributed by atoms with van der Waals surface area (Å²) in [6.45, 7) is 0.988. The quantitative estimate of drug-likeness (QED) is 0.781. The molecule has 1 heterocycles. The molecule has 0 aromatic heterocycles. The Hall–Kier alpha value is -1.30. The van der Waals surface area contributed by atoms with Gasteiger partial charge in [0.2, 0.25) is 0 Å². The van der Waals surface area contributed by atoms with Crippen LogP contribution in [0.5, 0.6) is 5.75 Å². The molecule has 2 nitrogen and oxygen atoms in total. The summed E-state index contributed by atoms with van der Waals surface area (Å²) < 4.78 is 62.2. The number of hydrogen-bond donors (Lipinski definition) is 0. The summed E-state index contributed by atoms with van der Waals surface area (Å²) in [6, 6.07) is 3.34. The van der Waals surface area contributed by atoms with Gasteiger partial charge in [-0.3, -0.25) is 0 Å². The predicted octanol–water partition coefficient (Wildman–Crippen LogP) is 3.05. The van der Waals surface area contributed by atoms with E-state index >= 15 is 0 Å². The highest BCUT2D eigenvalue weighted by molar-refractivity contribution is 5.36. The molecule has 1 aliphatic rings. The van der Waals surface area contributed by atoms with E-state index in [1.165, 1.54) is 12.1 Å². The van der Waals surface area contributed by atoms with Gasteiger partial charge in [-0.1, -0.05) is 6.07 Å². The lowest BCUT2D eigenvalue weighted by molar-refractivity contribution is -0.262. The van der Waals surface area contributed by atoms with Gasteiger partial charge in [0.05, 0.1) is 19.8 Å². The fourth-order valence-electron chi connectivity index (χ4n) is 1.87. The Labute approximate surface area is 102 Å². The highest BCUT2D eigenvalue weighted by Gasteiger charge is 2.61. The van der Waals surface area contributed by atoms with Gasteiger partial charge in [0, 0.05) is 0 Å². The Morgan fingerprint density at radius 3 is 2.39 bits per heavy atom. The molecule has 0 saturated carbocycles. The number of rotatable bonds is 3. The van der Waals surface area contributed by atoms with Gasteiger partial charge in [0.1, 0.15) is 5.41 Å². The molecule has 1 aliphatic heterocycles. The molecule has 0 amide bonds. The van der Waals surface area contributed by atoms with Crippen molar-refractivity contribution in [3.63, 3.8) is 0 Å². The fraction of sp³-hybridized carbons (Fsp3) is 0.500. The first kappa shape index (κ1) is 13.1. The van der Waals surface area contributed by atoms with E-state index in [0.29, 0.717) is 0 Å². The van der Waals surface area contributed by atoms with E-state index in [-0.39, 0.29) is 17.9 Å². The standard InChI is InChI=1S/C12H12F4O2/c1-2-18-10-4-3-8(5-9(10)13)11(6-17-7-11)12(14,15)16/h3-5H,2,6-7H2,1H3. The summed E-state index contributed by atoms with van der Waals surface area (Å²) >= 11 is 0. The van der Waals surface area contributed by atoms with Gasteiger partial charge in [-0.25, -0.2) is 4.39 Å². The molecule has 2 rings (SSSR count). The maximum atomic E-state index is 13.6. The van der Waals surface area contributed by atoms with Crippen LogP contribution in [0.15, 0.2) is 18.2 Å². The van der Waals surface area contributed by atoms with E-state index in [0.717, 1.165) is 6.07 Å². The molecule has 0 unspecified atom stereocenters. The van der Waals surface area contributed by atoms with Crippen LogP contribution in [0, 0.1) is 5.82 Å². The summed E-state index contributed by atoms with van der Waals surface area (Å²) in [5.74, 6) is -0.830. The second-order valence-corrected chi connectivity index (χ2v) is 4.15. The van der Waals surface area contributed by atoms with Crippen molar-refractivity contribution in [3.8, 4) is 5.75 Å². The molecule has 0 bridgehead atoms. The molecular weight excluding hydrogens is 252 g/mol. The molecule has 0 aliphatic carbocycles. The highest BCUT2D eigenvalue weighted by Crippen LogP contribution is 2.47. The van der Waals surface area contributed by atoms with E-state index in [1.54, 1.807) is 6.92 Å². The Morgan fingerprint density at radius 1 is 1.33 bits per heavy atom. The highest BCUT2D eigenvalue weighted by atomic mass is 19.4. The average Bonchev–Trinajstić information content (AvgIpc) is 2.18. The van der Waals surface area contributed by atoms with E-state index in [2.05, 4.69) is 4.74 Å². The van der Waals surface area contributed by atoms with Crippen molar-refractivity contribution in [2.24, 2.45) is 0 Å². The van der Waals surface area contributed by atoms with Gasteiger partial charge < -0.3 is 9.47 Å². The lowest BCUT2D eigenvalue weighted by Crippen LogP contribution is -2.57. The lowest BCUT2D eigenvalue weighted by atomic mass is 9.78. The molecule has 0 atom stereocenters. The second kappa shape index (κ2) is 4.42. The molecule has 0 N–H and O–H groups in total. The van der Waals surface area contributed by atoms with E-state index < -0.39 is 30.6 Å². The van der Waals surface area contributed by atoms with Gasteiger partial charge in [-0.05, 0) is 24.6 Å². The van der Waals surface area contributed by atoms with Crippen molar-refractivity contribution in [2.75, 3.05) is 19.8 Å². The summed E-state index contributed by atoms with van der Waals surface area (Å²) in [4.78, 5) is 0. The average molecular weight is 264 g/mol. The lowest BCUT2D eigenvalue weighted by Gasteiger charge is -2.43. The third-order valence-electron chi connectivity index (χ3n) is 3.02. The van der Waals surface area contributed by atoms with Crippen molar-refractivity contribution >= 4 is 0 Å². The Balaban J connectivity index is 2.36. The zero-order valence-corrected chi connectivity index (χ0v) is 9.68. The largest absolute Gasteiger partial charge is 0.491 e.